The Morgan fingerprint density at radius 2 is 1.89 bits per heavy atom. The summed E-state index contributed by atoms with van der Waals surface area (Å²) in [5.41, 5.74) is -0.0529. The summed E-state index contributed by atoms with van der Waals surface area (Å²) in [6, 6.07) is 5.75. The van der Waals surface area contributed by atoms with Crippen molar-refractivity contribution < 1.29 is 19.7 Å². The van der Waals surface area contributed by atoms with E-state index in [4.69, 9.17) is 9.94 Å². The Hall–Kier alpha value is -2.15. The zero-order valence-corrected chi connectivity index (χ0v) is 11.0. The molecule has 0 spiro atoms. The highest BCUT2D eigenvalue weighted by Crippen LogP contribution is 2.17. The molecule has 1 rings (SSSR count). The molecule has 0 radical (unpaired) electrons. The second-order valence-corrected chi connectivity index (χ2v) is 4.94. The maximum absolute atomic E-state index is 11.0. The third-order valence-corrected chi connectivity index (χ3v) is 2.29. The zero-order chi connectivity index (χ0) is 14.6. The molecule has 0 aliphatic carbocycles. The Morgan fingerprint density at radius 1 is 1.37 bits per heavy atom. The van der Waals surface area contributed by atoms with Crippen LogP contribution in [0.4, 0.5) is 10.5 Å². The zero-order valence-electron chi connectivity index (χ0n) is 11.0. The molecule has 0 heterocycles. The topological polar surface area (TPSA) is 92.9 Å². The van der Waals surface area contributed by atoms with Crippen LogP contribution in [0.2, 0.25) is 0 Å². The molecule has 0 bridgehead atoms. The molecule has 7 nitrogen and oxygen atoms in total. The predicted octanol–water partition coefficient (Wildman–Crippen LogP) is 2.80. The first-order valence-electron chi connectivity index (χ1n) is 5.61. The SMILES string of the molecule is CC(C)(C)N(OCc1ccc([N+](=O)[O-])cc1)C(=O)O. The third kappa shape index (κ3) is 4.22. The Morgan fingerprint density at radius 3 is 2.26 bits per heavy atom. The van der Waals surface area contributed by atoms with Crippen LogP contribution in [0.3, 0.4) is 0 Å². The second-order valence-electron chi connectivity index (χ2n) is 4.94. The standard InChI is InChI=1S/C12H16N2O5/c1-12(2,3)13(11(15)16)19-8-9-4-6-10(7-5-9)14(17)18/h4-7H,8H2,1-3H3,(H,15,16). The molecule has 1 amide bonds. The van der Waals surface area contributed by atoms with Gasteiger partial charge in [0.2, 0.25) is 0 Å². The predicted molar refractivity (Wildman–Crippen MR) is 67.5 cm³/mol. The van der Waals surface area contributed by atoms with Gasteiger partial charge in [-0.25, -0.2) is 4.79 Å². The fourth-order valence-corrected chi connectivity index (χ4v) is 1.39. The summed E-state index contributed by atoms with van der Waals surface area (Å²) in [5, 5.41) is 20.4. The van der Waals surface area contributed by atoms with Gasteiger partial charge in [0.25, 0.3) is 5.69 Å². The van der Waals surface area contributed by atoms with E-state index in [-0.39, 0.29) is 12.3 Å². The Labute approximate surface area is 110 Å². The van der Waals surface area contributed by atoms with E-state index < -0.39 is 16.6 Å². The van der Waals surface area contributed by atoms with Gasteiger partial charge in [-0.3, -0.25) is 15.0 Å². The van der Waals surface area contributed by atoms with Crippen molar-refractivity contribution in [2.24, 2.45) is 0 Å². The lowest BCUT2D eigenvalue weighted by Crippen LogP contribution is -2.44. The molecule has 7 heteroatoms. The van der Waals surface area contributed by atoms with E-state index in [9.17, 15) is 14.9 Å². The van der Waals surface area contributed by atoms with E-state index >= 15 is 0 Å². The van der Waals surface area contributed by atoms with Gasteiger partial charge in [0.15, 0.2) is 0 Å². The molecule has 0 aromatic heterocycles. The highest BCUT2D eigenvalue weighted by molar-refractivity contribution is 5.64. The van der Waals surface area contributed by atoms with Gasteiger partial charge in [0.1, 0.15) is 6.61 Å². The van der Waals surface area contributed by atoms with Crippen molar-refractivity contribution >= 4 is 11.8 Å². The van der Waals surface area contributed by atoms with Gasteiger partial charge < -0.3 is 5.11 Å². The van der Waals surface area contributed by atoms with Crippen molar-refractivity contribution in [1.29, 1.82) is 0 Å². The molecule has 0 atom stereocenters. The van der Waals surface area contributed by atoms with Crippen molar-refractivity contribution in [3.8, 4) is 0 Å². The van der Waals surface area contributed by atoms with E-state index in [0.717, 1.165) is 5.06 Å². The molecular weight excluding hydrogens is 252 g/mol. The monoisotopic (exact) mass is 268 g/mol. The van der Waals surface area contributed by atoms with Crippen LogP contribution in [-0.4, -0.2) is 26.7 Å². The minimum Gasteiger partial charge on any atom is -0.463 e. The van der Waals surface area contributed by atoms with Crippen molar-refractivity contribution in [3.05, 3.63) is 39.9 Å². The van der Waals surface area contributed by atoms with Crippen molar-refractivity contribution in [3.63, 3.8) is 0 Å². The molecule has 1 aromatic carbocycles. The van der Waals surface area contributed by atoms with Gasteiger partial charge in [-0.1, -0.05) is 0 Å². The van der Waals surface area contributed by atoms with Crippen LogP contribution >= 0.6 is 0 Å². The fourth-order valence-electron chi connectivity index (χ4n) is 1.39. The first-order valence-corrected chi connectivity index (χ1v) is 5.61. The van der Waals surface area contributed by atoms with Crippen molar-refractivity contribution in [1.82, 2.24) is 5.06 Å². The minimum atomic E-state index is -1.19. The summed E-state index contributed by atoms with van der Waals surface area (Å²) in [6.07, 6.45) is -1.19. The number of rotatable bonds is 4. The lowest BCUT2D eigenvalue weighted by molar-refractivity contribution is -0.384. The van der Waals surface area contributed by atoms with Crippen LogP contribution in [0.1, 0.15) is 26.3 Å². The molecule has 0 saturated carbocycles. The average Bonchev–Trinajstić information content (AvgIpc) is 2.27. The molecular formula is C12H16N2O5. The number of benzene rings is 1. The summed E-state index contributed by atoms with van der Waals surface area (Å²) < 4.78 is 0. The van der Waals surface area contributed by atoms with Crippen LogP contribution in [0.25, 0.3) is 0 Å². The van der Waals surface area contributed by atoms with Gasteiger partial charge in [-0.15, -0.1) is 0 Å². The van der Waals surface area contributed by atoms with Gasteiger partial charge in [0, 0.05) is 12.1 Å². The maximum Gasteiger partial charge on any atom is 0.431 e. The third-order valence-electron chi connectivity index (χ3n) is 2.29. The largest absolute Gasteiger partial charge is 0.463 e. The highest BCUT2D eigenvalue weighted by atomic mass is 16.7. The molecule has 0 unspecified atom stereocenters. The smallest absolute Gasteiger partial charge is 0.431 e. The molecule has 104 valence electrons. The first kappa shape index (κ1) is 14.9. The Balaban J connectivity index is 2.70. The summed E-state index contributed by atoms with van der Waals surface area (Å²) in [4.78, 5) is 26.2. The highest BCUT2D eigenvalue weighted by Gasteiger charge is 2.27. The van der Waals surface area contributed by atoms with E-state index in [0.29, 0.717) is 5.56 Å². The average molecular weight is 268 g/mol. The number of carbonyl (C=O) groups is 1. The fraction of sp³-hybridized carbons (Fsp3) is 0.417. The number of hydrogen-bond acceptors (Lipinski definition) is 4. The first-order chi connectivity index (χ1) is 8.71. The van der Waals surface area contributed by atoms with E-state index in [1.165, 1.54) is 24.3 Å². The molecule has 19 heavy (non-hydrogen) atoms. The Kier molecular flexibility index (Phi) is 4.44. The van der Waals surface area contributed by atoms with Crippen molar-refractivity contribution in [2.45, 2.75) is 32.9 Å². The molecule has 0 saturated heterocycles. The van der Waals surface area contributed by atoms with Crippen LogP contribution in [-0.2, 0) is 11.4 Å². The van der Waals surface area contributed by atoms with Gasteiger partial charge in [-0.05, 0) is 38.5 Å². The van der Waals surface area contributed by atoms with Crippen LogP contribution < -0.4 is 0 Å². The molecule has 0 aliphatic heterocycles. The van der Waals surface area contributed by atoms with Crippen LogP contribution in [0, 0.1) is 10.1 Å². The van der Waals surface area contributed by atoms with Crippen molar-refractivity contribution in [2.75, 3.05) is 0 Å². The second kappa shape index (κ2) is 5.66. The summed E-state index contributed by atoms with van der Waals surface area (Å²) in [5.74, 6) is 0. The quantitative estimate of drug-likeness (QED) is 0.669. The van der Waals surface area contributed by atoms with Crippen LogP contribution in [0.15, 0.2) is 24.3 Å². The van der Waals surface area contributed by atoms with E-state index in [2.05, 4.69) is 0 Å². The summed E-state index contributed by atoms with van der Waals surface area (Å²) >= 11 is 0. The molecule has 1 aromatic rings. The van der Waals surface area contributed by atoms with Gasteiger partial charge in [0.05, 0.1) is 10.5 Å². The van der Waals surface area contributed by atoms with E-state index in [1.54, 1.807) is 20.8 Å². The number of non-ortho nitro benzene ring substituents is 1. The van der Waals surface area contributed by atoms with E-state index in [1.807, 2.05) is 0 Å². The number of hydrogen-bond donors (Lipinski definition) is 1. The van der Waals surface area contributed by atoms with Crippen LogP contribution in [0.5, 0.6) is 0 Å². The molecule has 1 N–H and O–H groups in total. The Bertz CT molecular complexity index is 464. The summed E-state index contributed by atoms with van der Waals surface area (Å²) in [6.45, 7) is 5.15. The number of nitro benzene ring substituents is 1. The minimum absolute atomic E-state index is 0.0188. The molecule has 0 aliphatic rings. The summed E-state index contributed by atoms with van der Waals surface area (Å²) in [7, 11) is 0. The number of nitro groups is 1. The number of amides is 1. The lowest BCUT2D eigenvalue weighted by Gasteiger charge is -2.31. The van der Waals surface area contributed by atoms with Gasteiger partial charge >= 0.3 is 6.09 Å². The number of hydroxylamine groups is 2. The normalized spacial score (nSPS) is 11.1. The van der Waals surface area contributed by atoms with Gasteiger partial charge in [-0.2, -0.15) is 5.06 Å². The lowest BCUT2D eigenvalue weighted by atomic mass is 10.1. The maximum atomic E-state index is 11.0. The number of carboxylic acid groups (broad SMARTS) is 1. The number of nitrogens with zero attached hydrogens (tertiary/aromatic N) is 2. The molecule has 0 fully saturated rings.